The van der Waals surface area contributed by atoms with Gasteiger partial charge in [0.25, 0.3) is 0 Å². The first-order valence-corrected chi connectivity index (χ1v) is 7.83. The van der Waals surface area contributed by atoms with Gasteiger partial charge in [-0.05, 0) is 24.6 Å². The lowest BCUT2D eigenvalue weighted by Crippen LogP contribution is -2.34. The van der Waals surface area contributed by atoms with Crippen LogP contribution in [0.4, 0.5) is 0 Å². The van der Waals surface area contributed by atoms with Crippen LogP contribution < -0.4 is 0 Å². The smallest absolute Gasteiger partial charge is 0.0596 e. The van der Waals surface area contributed by atoms with Crippen LogP contribution in [0, 0.1) is 6.92 Å². The molecule has 5 heteroatoms. The van der Waals surface area contributed by atoms with Gasteiger partial charge in [-0.2, -0.15) is 5.10 Å². The predicted octanol–water partition coefficient (Wildman–Crippen LogP) is 4.34. The molecule has 0 N–H and O–H groups in total. The molecule has 1 aromatic carbocycles. The van der Waals surface area contributed by atoms with Gasteiger partial charge in [-0.15, -0.1) is 23.2 Å². The number of aryl methyl sites for hydroxylation is 2. The molecule has 108 valence electrons. The molecule has 0 spiro atoms. The third kappa shape index (κ3) is 2.98. The molecule has 0 aliphatic heterocycles. The summed E-state index contributed by atoms with van der Waals surface area (Å²) in [5.41, 5.74) is 2.69. The van der Waals surface area contributed by atoms with Gasteiger partial charge in [-0.1, -0.05) is 29.8 Å². The molecule has 0 fully saturated rings. The van der Waals surface area contributed by atoms with Crippen LogP contribution in [0.5, 0.6) is 0 Å². The van der Waals surface area contributed by atoms with Crippen molar-refractivity contribution < 1.29 is 0 Å². The first kappa shape index (κ1) is 15.7. The molecule has 0 saturated carbocycles. The van der Waals surface area contributed by atoms with Gasteiger partial charge in [-0.25, -0.2) is 0 Å². The Morgan fingerprint density at radius 3 is 2.35 bits per heavy atom. The van der Waals surface area contributed by atoms with Gasteiger partial charge in [0, 0.05) is 41.4 Å². The maximum atomic E-state index is 6.34. The predicted molar refractivity (Wildman–Crippen MR) is 86.2 cm³/mol. The number of hydrogen-bond acceptors (Lipinski definition) is 1. The minimum Gasteiger partial charge on any atom is -0.272 e. The number of halogens is 3. The van der Waals surface area contributed by atoms with Crippen LogP contribution in [-0.2, 0) is 18.9 Å². The largest absolute Gasteiger partial charge is 0.272 e. The van der Waals surface area contributed by atoms with Crippen LogP contribution in [0.3, 0.4) is 0 Å². The molecule has 0 bridgehead atoms. The summed E-state index contributed by atoms with van der Waals surface area (Å²) in [7, 11) is 1.93. The Hall–Kier alpha value is -0.700. The topological polar surface area (TPSA) is 17.8 Å². The van der Waals surface area contributed by atoms with E-state index in [1.165, 1.54) is 0 Å². The van der Waals surface area contributed by atoms with Crippen molar-refractivity contribution in [1.82, 2.24) is 9.78 Å². The number of rotatable bonds is 5. The molecule has 2 nitrogen and oxygen atoms in total. The Kier molecular flexibility index (Phi) is 5.00. The fourth-order valence-corrected chi connectivity index (χ4v) is 3.54. The maximum absolute atomic E-state index is 6.34. The molecule has 2 aromatic rings. The second kappa shape index (κ2) is 6.38. The molecule has 2 rings (SSSR count). The van der Waals surface area contributed by atoms with Crippen molar-refractivity contribution in [2.75, 3.05) is 11.8 Å². The zero-order valence-electron chi connectivity index (χ0n) is 11.5. The molecule has 1 aromatic heterocycles. The highest BCUT2D eigenvalue weighted by molar-refractivity contribution is 6.32. The monoisotopic (exact) mass is 330 g/mol. The summed E-state index contributed by atoms with van der Waals surface area (Å²) in [5.74, 6) is 0.814. The van der Waals surface area contributed by atoms with Gasteiger partial charge >= 0.3 is 0 Å². The third-order valence-corrected chi connectivity index (χ3v) is 4.93. The van der Waals surface area contributed by atoms with Crippen LogP contribution in [0.15, 0.2) is 30.3 Å². The van der Waals surface area contributed by atoms with Crippen molar-refractivity contribution >= 4 is 34.8 Å². The van der Waals surface area contributed by atoms with E-state index in [9.17, 15) is 0 Å². The Balaban J connectivity index is 2.45. The fraction of sp³-hybridized carbons (Fsp3) is 0.400. The van der Waals surface area contributed by atoms with Gasteiger partial charge in [0.1, 0.15) is 0 Å². The van der Waals surface area contributed by atoms with E-state index in [4.69, 9.17) is 34.8 Å². The number of aromatic nitrogens is 2. The number of alkyl halides is 2. The Labute approximate surface area is 134 Å². The van der Waals surface area contributed by atoms with E-state index in [0.717, 1.165) is 17.0 Å². The SMILES string of the molecule is Cc1cc(CC(CCl)(CCl)c2ccccc2Cl)n(C)n1. The van der Waals surface area contributed by atoms with Gasteiger partial charge in [0.05, 0.1) is 5.69 Å². The van der Waals surface area contributed by atoms with Gasteiger partial charge < -0.3 is 0 Å². The van der Waals surface area contributed by atoms with E-state index >= 15 is 0 Å². The second-order valence-electron chi connectivity index (χ2n) is 5.10. The molecular formula is C15H17Cl3N2. The molecule has 0 amide bonds. The fourth-order valence-electron chi connectivity index (χ4n) is 2.44. The van der Waals surface area contributed by atoms with Crippen LogP contribution >= 0.6 is 34.8 Å². The highest BCUT2D eigenvalue weighted by atomic mass is 35.5. The summed E-state index contributed by atoms with van der Waals surface area (Å²) in [6.07, 6.45) is 0.709. The van der Waals surface area contributed by atoms with E-state index in [2.05, 4.69) is 11.2 Å². The first-order chi connectivity index (χ1) is 9.52. The number of benzene rings is 1. The quantitative estimate of drug-likeness (QED) is 0.745. The average Bonchev–Trinajstić information content (AvgIpc) is 2.75. The molecule has 0 radical (unpaired) electrons. The van der Waals surface area contributed by atoms with Crippen molar-refractivity contribution in [2.24, 2.45) is 7.05 Å². The van der Waals surface area contributed by atoms with Crippen LogP contribution in [0.1, 0.15) is 17.0 Å². The van der Waals surface area contributed by atoms with Crippen LogP contribution in [0.2, 0.25) is 5.02 Å². The molecule has 0 saturated heterocycles. The molecule has 0 atom stereocenters. The standard InChI is InChI=1S/C15H17Cl3N2/c1-11-7-12(20(2)19-11)8-15(9-16,10-17)13-5-3-4-6-14(13)18/h3-7H,8-10H2,1-2H3. The van der Waals surface area contributed by atoms with Crippen molar-refractivity contribution in [2.45, 2.75) is 18.8 Å². The molecule has 20 heavy (non-hydrogen) atoms. The highest BCUT2D eigenvalue weighted by Crippen LogP contribution is 2.36. The molecule has 0 aliphatic rings. The summed E-state index contributed by atoms with van der Waals surface area (Å²) in [6, 6.07) is 9.80. The number of nitrogens with zero attached hydrogens (tertiary/aromatic N) is 2. The summed E-state index contributed by atoms with van der Waals surface area (Å²) >= 11 is 18.9. The third-order valence-electron chi connectivity index (χ3n) is 3.58. The highest BCUT2D eigenvalue weighted by Gasteiger charge is 2.33. The zero-order valence-corrected chi connectivity index (χ0v) is 13.8. The first-order valence-electron chi connectivity index (χ1n) is 6.39. The van der Waals surface area contributed by atoms with E-state index in [1.54, 1.807) is 0 Å². The normalized spacial score (nSPS) is 11.8. The van der Waals surface area contributed by atoms with Gasteiger partial charge in [-0.3, -0.25) is 4.68 Å². The average molecular weight is 332 g/mol. The van der Waals surface area contributed by atoms with Crippen molar-refractivity contribution in [3.63, 3.8) is 0 Å². The van der Waals surface area contributed by atoms with E-state index < -0.39 is 0 Å². The summed E-state index contributed by atoms with van der Waals surface area (Å²) < 4.78 is 1.88. The molecule has 1 heterocycles. The van der Waals surface area contributed by atoms with Crippen LogP contribution in [0.25, 0.3) is 0 Å². The Morgan fingerprint density at radius 1 is 1.20 bits per heavy atom. The van der Waals surface area contributed by atoms with E-state index in [-0.39, 0.29) is 5.41 Å². The Bertz CT molecular complexity index is 589. The maximum Gasteiger partial charge on any atom is 0.0596 e. The number of hydrogen-bond donors (Lipinski definition) is 0. The van der Waals surface area contributed by atoms with E-state index in [0.29, 0.717) is 23.2 Å². The van der Waals surface area contributed by atoms with Crippen molar-refractivity contribution in [1.29, 1.82) is 0 Å². The Morgan fingerprint density at radius 2 is 1.85 bits per heavy atom. The summed E-state index contributed by atoms with van der Waals surface area (Å²) in [5, 5.41) is 5.08. The van der Waals surface area contributed by atoms with Crippen molar-refractivity contribution in [3.8, 4) is 0 Å². The van der Waals surface area contributed by atoms with Crippen molar-refractivity contribution in [3.05, 3.63) is 52.3 Å². The lowest BCUT2D eigenvalue weighted by molar-refractivity contribution is 0.511. The lowest BCUT2D eigenvalue weighted by atomic mass is 9.80. The molecule has 0 aliphatic carbocycles. The summed E-state index contributed by atoms with van der Waals surface area (Å²) in [4.78, 5) is 0. The van der Waals surface area contributed by atoms with Crippen LogP contribution in [-0.4, -0.2) is 21.5 Å². The second-order valence-corrected chi connectivity index (χ2v) is 6.05. The minimum absolute atomic E-state index is 0.387. The molecular weight excluding hydrogens is 315 g/mol. The summed E-state index contributed by atoms with van der Waals surface area (Å²) in [6.45, 7) is 1.97. The molecule has 0 unspecified atom stereocenters. The minimum atomic E-state index is -0.387. The van der Waals surface area contributed by atoms with Gasteiger partial charge in [0.2, 0.25) is 0 Å². The van der Waals surface area contributed by atoms with Gasteiger partial charge in [0.15, 0.2) is 0 Å². The van der Waals surface area contributed by atoms with E-state index in [1.807, 2.05) is 42.9 Å². The zero-order chi connectivity index (χ0) is 14.8. The lowest BCUT2D eigenvalue weighted by Gasteiger charge is -2.31.